The van der Waals surface area contributed by atoms with Crippen LogP contribution in [0.25, 0.3) is 0 Å². The zero-order chi connectivity index (χ0) is 11.4. The van der Waals surface area contributed by atoms with Crippen molar-refractivity contribution in [3.8, 4) is 0 Å². The van der Waals surface area contributed by atoms with E-state index in [1.807, 2.05) is 13.1 Å². The summed E-state index contributed by atoms with van der Waals surface area (Å²) in [5, 5.41) is 6.29. The van der Waals surface area contributed by atoms with Gasteiger partial charge in [-0.15, -0.1) is 0 Å². The summed E-state index contributed by atoms with van der Waals surface area (Å²) in [6, 6.07) is 2.73. The molecule has 5 nitrogen and oxygen atoms in total. The number of hydrogen-bond donors (Lipinski definition) is 2. The van der Waals surface area contributed by atoms with Gasteiger partial charge in [0.25, 0.3) is 0 Å². The van der Waals surface area contributed by atoms with Crippen LogP contribution in [0.5, 0.6) is 0 Å². The van der Waals surface area contributed by atoms with E-state index in [0.29, 0.717) is 0 Å². The fraction of sp³-hybridized carbons (Fsp3) is 0.636. The van der Waals surface area contributed by atoms with Gasteiger partial charge in [0.2, 0.25) is 0 Å². The van der Waals surface area contributed by atoms with E-state index in [0.717, 1.165) is 30.8 Å². The van der Waals surface area contributed by atoms with Crippen molar-refractivity contribution < 1.29 is 0 Å². The Hall–Kier alpha value is -1.36. The van der Waals surface area contributed by atoms with E-state index >= 15 is 0 Å². The van der Waals surface area contributed by atoms with Crippen molar-refractivity contribution >= 4 is 11.6 Å². The fourth-order valence-electron chi connectivity index (χ4n) is 1.65. The molecule has 0 atom stereocenters. The van der Waals surface area contributed by atoms with E-state index in [9.17, 15) is 0 Å². The van der Waals surface area contributed by atoms with Crippen LogP contribution in [0.2, 0.25) is 0 Å². The molecule has 2 rings (SSSR count). The molecule has 0 bridgehead atoms. The molecule has 2 N–H and O–H groups in total. The van der Waals surface area contributed by atoms with E-state index in [4.69, 9.17) is 0 Å². The van der Waals surface area contributed by atoms with Crippen LogP contribution in [0.4, 0.5) is 11.6 Å². The van der Waals surface area contributed by atoms with E-state index in [2.05, 4.69) is 32.5 Å². The molecule has 0 unspecified atom stereocenters. The van der Waals surface area contributed by atoms with Crippen LogP contribution >= 0.6 is 0 Å². The van der Waals surface area contributed by atoms with Gasteiger partial charge in [-0.25, -0.2) is 9.97 Å². The monoisotopic (exact) mass is 221 g/mol. The highest BCUT2D eigenvalue weighted by molar-refractivity contribution is 5.45. The maximum Gasteiger partial charge on any atom is 0.131 e. The molecule has 1 heterocycles. The molecule has 1 aliphatic rings. The van der Waals surface area contributed by atoms with Crippen LogP contribution in [0.3, 0.4) is 0 Å². The van der Waals surface area contributed by atoms with Crippen molar-refractivity contribution in [2.24, 2.45) is 0 Å². The van der Waals surface area contributed by atoms with Gasteiger partial charge in [0, 0.05) is 32.2 Å². The summed E-state index contributed by atoms with van der Waals surface area (Å²) in [5.74, 6) is 1.72. The summed E-state index contributed by atoms with van der Waals surface area (Å²) >= 11 is 0. The number of likely N-dealkylation sites (N-methyl/N-ethyl adjacent to an activating group) is 1. The summed E-state index contributed by atoms with van der Waals surface area (Å²) < 4.78 is 0. The molecule has 0 spiro atoms. The first-order valence-electron chi connectivity index (χ1n) is 5.73. The molecule has 0 aromatic carbocycles. The summed E-state index contributed by atoms with van der Waals surface area (Å²) in [4.78, 5) is 10.6. The van der Waals surface area contributed by atoms with E-state index in [-0.39, 0.29) is 0 Å². The second kappa shape index (κ2) is 5.12. The van der Waals surface area contributed by atoms with Gasteiger partial charge in [-0.05, 0) is 19.9 Å². The molecule has 1 aliphatic carbocycles. The number of anilines is 2. The molecule has 0 saturated heterocycles. The summed E-state index contributed by atoms with van der Waals surface area (Å²) in [6.07, 6.45) is 4.28. The van der Waals surface area contributed by atoms with Gasteiger partial charge in [0.05, 0.1) is 0 Å². The van der Waals surface area contributed by atoms with Gasteiger partial charge in [-0.1, -0.05) is 0 Å². The predicted octanol–water partition coefficient (Wildman–Crippen LogP) is 1.02. The number of rotatable bonds is 6. The highest BCUT2D eigenvalue weighted by Crippen LogP contribution is 2.24. The molecule has 5 heteroatoms. The topological polar surface area (TPSA) is 53.1 Å². The smallest absolute Gasteiger partial charge is 0.131 e. The van der Waals surface area contributed by atoms with Crippen LogP contribution in [-0.2, 0) is 0 Å². The minimum Gasteiger partial charge on any atom is -0.373 e. The lowest BCUT2D eigenvalue weighted by Crippen LogP contribution is -2.27. The van der Waals surface area contributed by atoms with Gasteiger partial charge in [0.1, 0.15) is 18.0 Å². The van der Waals surface area contributed by atoms with Gasteiger partial charge in [0.15, 0.2) is 0 Å². The highest BCUT2D eigenvalue weighted by Gasteiger charge is 2.25. The Bertz CT molecular complexity index is 337. The SMILES string of the molecule is CNc1cc(NCCN(C)C2CC2)ncn1. The van der Waals surface area contributed by atoms with Gasteiger partial charge in [-0.2, -0.15) is 0 Å². The Morgan fingerprint density at radius 3 is 2.81 bits per heavy atom. The normalized spacial score (nSPS) is 15.2. The second-order valence-corrected chi connectivity index (χ2v) is 4.18. The van der Waals surface area contributed by atoms with Crippen molar-refractivity contribution in [3.05, 3.63) is 12.4 Å². The van der Waals surface area contributed by atoms with Crippen LogP contribution in [-0.4, -0.2) is 48.1 Å². The molecule has 0 radical (unpaired) electrons. The molecular weight excluding hydrogens is 202 g/mol. The third kappa shape index (κ3) is 3.06. The average molecular weight is 221 g/mol. The summed E-state index contributed by atoms with van der Waals surface area (Å²) in [5.41, 5.74) is 0. The number of nitrogens with zero attached hydrogens (tertiary/aromatic N) is 3. The zero-order valence-electron chi connectivity index (χ0n) is 9.90. The summed E-state index contributed by atoms with van der Waals surface area (Å²) in [7, 11) is 4.03. The van der Waals surface area contributed by atoms with Gasteiger partial charge in [-0.3, -0.25) is 0 Å². The minimum atomic E-state index is 0.820. The molecule has 1 aromatic heterocycles. The lowest BCUT2D eigenvalue weighted by Gasteiger charge is -2.15. The first kappa shape index (κ1) is 11.1. The molecular formula is C11H19N5. The van der Waals surface area contributed by atoms with E-state index in [1.54, 1.807) is 6.33 Å². The molecule has 0 aliphatic heterocycles. The molecule has 1 aromatic rings. The Morgan fingerprint density at radius 2 is 2.12 bits per heavy atom. The van der Waals surface area contributed by atoms with Crippen molar-refractivity contribution in [3.63, 3.8) is 0 Å². The molecule has 16 heavy (non-hydrogen) atoms. The lowest BCUT2D eigenvalue weighted by molar-refractivity contribution is 0.337. The highest BCUT2D eigenvalue weighted by atomic mass is 15.2. The maximum absolute atomic E-state index is 4.16. The molecule has 88 valence electrons. The zero-order valence-corrected chi connectivity index (χ0v) is 9.90. The first-order valence-corrected chi connectivity index (χ1v) is 5.73. The molecule has 1 saturated carbocycles. The Balaban J connectivity index is 1.75. The van der Waals surface area contributed by atoms with Crippen LogP contribution in [0, 0.1) is 0 Å². The third-order valence-corrected chi connectivity index (χ3v) is 2.86. The fourth-order valence-corrected chi connectivity index (χ4v) is 1.65. The average Bonchev–Trinajstić information content (AvgIpc) is 3.13. The molecule has 0 amide bonds. The standard InChI is InChI=1S/C11H19N5/c1-12-10-7-11(15-8-14-10)13-5-6-16(2)9-3-4-9/h7-9H,3-6H2,1-2H3,(H2,12,13,14,15). The van der Waals surface area contributed by atoms with Crippen LogP contribution in [0.1, 0.15) is 12.8 Å². The number of aromatic nitrogens is 2. The Morgan fingerprint density at radius 1 is 1.38 bits per heavy atom. The van der Waals surface area contributed by atoms with Crippen molar-refractivity contribution in [1.29, 1.82) is 0 Å². The van der Waals surface area contributed by atoms with Crippen molar-refractivity contribution in [2.75, 3.05) is 37.8 Å². The second-order valence-electron chi connectivity index (χ2n) is 4.18. The Labute approximate surface area is 96.3 Å². The first-order chi connectivity index (χ1) is 7.79. The minimum absolute atomic E-state index is 0.820. The van der Waals surface area contributed by atoms with Gasteiger partial charge >= 0.3 is 0 Å². The number of hydrogen-bond acceptors (Lipinski definition) is 5. The van der Waals surface area contributed by atoms with Crippen molar-refractivity contribution in [2.45, 2.75) is 18.9 Å². The van der Waals surface area contributed by atoms with Gasteiger partial charge < -0.3 is 15.5 Å². The largest absolute Gasteiger partial charge is 0.373 e. The lowest BCUT2D eigenvalue weighted by atomic mass is 10.4. The van der Waals surface area contributed by atoms with Crippen LogP contribution < -0.4 is 10.6 Å². The predicted molar refractivity (Wildman–Crippen MR) is 65.7 cm³/mol. The third-order valence-electron chi connectivity index (χ3n) is 2.86. The number of nitrogens with one attached hydrogen (secondary N) is 2. The quantitative estimate of drug-likeness (QED) is 0.751. The van der Waals surface area contributed by atoms with Crippen LogP contribution in [0.15, 0.2) is 12.4 Å². The van der Waals surface area contributed by atoms with E-state index in [1.165, 1.54) is 12.8 Å². The maximum atomic E-state index is 4.16. The summed E-state index contributed by atoms with van der Waals surface area (Å²) in [6.45, 7) is 1.98. The van der Waals surface area contributed by atoms with E-state index < -0.39 is 0 Å². The van der Waals surface area contributed by atoms with Crippen molar-refractivity contribution in [1.82, 2.24) is 14.9 Å². The Kier molecular flexibility index (Phi) is 3.56. The molecule has 1 fully saturated rings.